The highest BCUT2D eigenvalue weighted by molar-refractivity contribution is 5.21. The van der Waals surface area contributed by atoms with Crippen LogP contribution < -0.4 is 11.2 Å². The van der Waals surface area contributed by atoms with Gasteiger partial charge in [0.2, 0.25) is 0 Å². The van der Waals surface area contributed by atoms with Crippen LogP contribution in [0.3, 0.4) is 0 Å². The zero-order valence-corrected chi connectivity index (χ0v) is 12.3. The second-order valence-corrected chi connectivity index (χ2v) is 4.88. The smallest absolute Gasteiger partial charge is 0.328 e. The number of nitrogens with one attached hydrogen (secondary N) is 1. The Morgan fingerprint density at radius 3 is 2.73 bits per heavy atom. The van der Waals surface area contributed by atoms with Crippen molar-refractivity contribution in [3.63, 3.8) is 0 Å². The third-order valence-corrected chi connectivity index (χ3v) is 3.31. The molecule has 114 valence electrons. The summed E-state index contributed by atoms with van der Waals surface area (Å²) in [6.45, 7) is 2.82. The molecule has 0 amide bonds. The highest BCUT2D eigenvalue weighted by atomic mass is 16.5. The molecular formula is C16H17N3O3. The molecule has 2 aromatic rings. The van der Waals surface area contributed by atoms with Gasteiger partial charge < -0.3 is 4.74 Å². The lowest BCUT2D eigenvalue weighted by atomic mass is 10.1. The number of benzene rings is 1. The Hall–Kier alpha value is -2.65. The van der Waals surface area contributed by atoms with E-state index in [0.717, 1.165) is 5.56 Å². The second-order valence-electron chi connectivity index (χ2n) is 4.88. The lowest BCUT2D eigenvalue weighted by Crippen LogP contribution is -2.31. The quantitative estimate of drug-likeness (QED) is 0.820. The molecule has 0 aliphatic heterocycles. The van der Waals surface area contributed by atoms with Crippen molar-refractivity contribution >= 4 is 0 Å². The lowest BCUT2D eigenvalue weighted by molar-refractivity contribution is 0.0618. The maximum absolute atomic E-state index is 11.6. The van der Waals surface area contributed by atoms with Crippen molar-refractivity contribution in [3.05, 3.63) is 68.5 Å². The third kappa shape index (κ3) is 3.93. The molecule has 6 nitrogen and oxygen atoms in total. The van der Waals surface area contributed by atoms with Crippen molar-refractivity contribution in [2.45, 2.75) is 26.0 Å². The third-order valence-electron chi connectivity index (χ3n) is 3.31. The average Bonchev–Trinajstić information content (AvgIpc) is 2.53. The Morgan fingerprint density at radius 1 is 1.32 bits per heavy atom. The first-order valence-corrected chi connectivity index (χ1v) is 7.02. The van der Waals surface area contributed by atoms with E-state index in [1.165, 1.54) is 10.8 Å². The summed E-state index contributed by atoms with van der Waals surface area (Å²) in [7, 11) is 0. The van der Waals surface area contributed by atoms with Crippen molar-refractivity contribution in [2.75, 3.05) is 6.61 Å². The number of aromatic amines is 1. The maximum Gasteiger partial charge on any atom is 0.328 e. The number of hydrogen-bond acceptors (Lipinski definition) is 4. The van der Waals surface area contributed by atoms with Gasteiger partial charge in [-0.1, -0.05) is 30.3 Å². The Balaban J connectivity index is 1.88. The number of aromatic nitrogens is 2. The van der Waals surface area contributed by atoms with Crippen LogP contribution in [0.5, 0.6) is 0 Å². The van der Waals surface area contributed by atoms with Gasteiger partial charge in [-0.2, -0.15) is 5.26 Å². The Morgan fingerprint density at radius 2 is 2.05 bits per heavy atom. The summed E-state index contributed by atoms with van der Waals surface area (Å²) in [6.07, 6.45) is 1.86. The Labute approximate surface area is 127 Å². The molecule has 0 radical (unpaired) electrons. The van der Waals surface area contributed by atoms with Gasteiger partial charge in [0.25, 0.3) is 5.56 Å². The molecule has 0 aliphatic carbocycles. The molecule has 1 atom stereocenters. The van der Waals surface area contributed by atoms with Crippen LogP contribution in [0.1, 0.15) is 30.6 Å². The van der Waals surface area contributed by atoms with E-state index < -0.39 is 11.2 Å². The minimum atomic E-state index is -0.655. The van der Waals surface area contributed by atoms with Gasteiger partial charge >= 0.3 is 5.69 Å². The summed E-state index contributed by atoms with van der Waals surface area (Å²) < 4.78 is 7.03. The van der Waals surface area contributed by atoms with Gasteiger partial charge in [-0.05, 0) is 18.9 Å². The van der Waals surface area contributed by atoms with E-state index in [-0.39, 0.29) is 11.7 Å². The second kappa shape index (κ2) is 7.38. The van der Waals surface area contributed by atoms with Gasteiger partial charge in [-0.25, -0.2) is 4.79 Å². The molecule has 0 bridgehead atoms. The topological polar surface area (TPSA) is 87.9 Å². The van der Waals surface area contributed by atoms with Crippen LogP contribution in [-0.2, 0) is 11.3 Å². The maximum atomic E-state index is 11.6. The van der Waals surface area contributed by atoms with Crippen LogP contribution in [0, 0.1) is 11.3 Å². The number of nitrogens with zero attached hydrogens (tertiary/aromatic N) is 2. The predicted molar refractivity (Wildman–Crippen MR) is 81.5 cm³/mol. The standard InChI is InChI=1S/C16H17N3O3/c1-12(13-6-3-2-4-7-13)22-9-5-8-19-11-14(10-17)15(20)18-16(19)21/h2-4,6-7,11-12H,5,8-9H2,1H3,(H,18,20,21)/t12-/m0/s1. The van der Waals surface area contributed by atoms with Crippen LogP contribution in [-0.4, -0.2) is 16.2 Å². The number of aryl methyl sites for hydroxylation is 1. The van der Waals surface area contributed by atoms with Crippen molar-refractivity contribution in [3.8, 4) is 6.07 Å². The summed E-state index contributed by atoms with van der Waals surface area (Å²) in [5.74, 6) is 0. The highest BCUT2D eigenvalue weighted by Crippen LogP contribution is 2.15. The van der Waals surface area contributed by atoms with E-state index in [1.54, 1.807) is 6.07 Å². The van der Waals surface area contributed by atoms with Gasteiger partial charge in [0.1, 0.15) is 11.6 Å². The average molecular weight is 299 g/mol. The number of nitriles is 1. The Bertz CT molecular complexity index is 772. The summed E-state index contributed by atoms with van der Waals surface area (Å²) in [5.41, 5.74) is -0.147. The molecule has 0 saturated carbocycles. The highest BCUT2D eigenvalue weighted by Gasteiger charge is 2.06. The Kier molecular flexibility index (Phi) is 5.28. The van der Waals surface area contributed by atoms with Crippen LogP contribution >= 0.6 is 0 Å². The number of H-pyrrole nitrogens is 1. The van der Waals surface area contributed by atoms with Crippen LogP contribution in [0.15, 0.2) is 46.1 Å². The molecule has 1 heterocycles. The summed E-state index contributed by atoms with van der Waals surface area (Å²) in [6, 6.07) is 11.6. The van der Waals surface area contributed by atoms with Crippen molar-refractivity contribution in [2.24, 2.45) is 0 Å². The molecule has 0 spiro atoms. The predicted octanol–water partition coefficient (Wildman–Crippen LogP) is 1.58. The molecule has 22 heavy (non-hydrogen) atoms. The number of hydrogen-bond donors (Lipinski definition) is 1. The minimum Gasteiger partial charge on any atom is -0.374 e. The van der Waals surface area contributed by atoms with Crippen molar-refractivity contribution < 1.29 is 4.74 Å². The lowest BCUT2D eigenvalue weighted by Gasteiger charge is -2.13. The van der Waals surface area contributed by atoms with E-state index in [1.807, 2.05) is 37.3 Å². The zero-order valence-electron chi connectivity index (χ0n) is 12.3. The minimum absolute atomic E-state index is 0.0248. The van der Waals surface area contributed by atoms with Gasteiger partial charge in [-0.3, -0.25) is 14.3 Å². The molecule has 0 fully saturated rings. The van der Waals surface area contributed by atoms with Gasteiger partial charge in [0.15, 0.2) is 0 Å². The van der Waals surface area contributed by atoms with E-state index in [2.05, 4.69) is 4.98 Å². The summed E-state index contributed by atoms with van der Waals surface area (Å²) >= 11 is 0. The van der Waals surface area contributed by atoms with E-state index in [0.29, 0.717) is 19.6 Å². The number of rotatable bonds is 6. The van der Waals surface area contributed by atoms with Crippen molar-refractivity contribution in [1.82, 2.24) is 9.55 Å². The molecule has 1 aromatic carbocycles. The van der Waals surface area contributed by atoms with Crippen LogP contribution in [0.4, 0.5) is 0 Å². The first-order chi connectivity index (χ1) is 10.6. The van der Waals surface area contributed by atoms with Gasteiger partial charge in [0, 0.05) is 19.3 Å². The molecule has 0 saturated heterocycles. The van der Waals surface area contributed by atoms with Crippen LogP contribution in [0.25, 0.3) is 0 Å². The van der Waals surface area contributed by atoms with E-state index in [9.17, 15) is 9.59 Å². The molecule has 2 rings (SSSR count). The first-order valence-electron chi connectivity index (χ1n) is 7.02. The zero-order chi connectivity index (χ0) is 15.9. The molecule has 0 unspecified atom stereocenters. The molecule has 1 aromatic heterocycles. The molecule has 0 aliphatic rings. The van der Waals surface area contributed by atoms with Gasteiger partial charge in [-0.15, -0.1) is 0 Å². The largest absolute Gasteiger partial charge is 0.374 e. The molecule has 6 heteroatoms. The first kappa shape index (κ1) is 15.7. The summed E-state index contributed by atoms with van der Waals surface area (Å²) in [5, 5.41) is 8.79. The molecule has 1 N–H and O–H groups in total. The fourth-order valence-corrected chi connectivity index (χ4v) is 2.07. The summed E-state index contributed by atoms with van der Waals surface area (Å²) in [4.78, 5) is 25.0. The van der Waals surface area contributed by atoms with E-state index >= 15 is 0 Å². The fourth-order valence-electron chi connectivity index (χ4n) is 2.07. The normalized spacial score (nSPS) is 11.8. The monoisotopic (exact) mass is 299 g/mol. The van der Waals surface area contributed by atoms with Crippen molar-refractivity contribution in [1.29, 1.82) is 5.26 Å². The van der Waals surface area contributed by atoms with Gasteiger partial charge in [0.05, 0.1) is 6.10 Å². The SMILES string of the molecule is C[C@H](OCCCn1cc(C#N)c(=O)[nH]c1=O)c1ccccc1. The van der Waals surface area contributed by atoms with Crippen LogP contribution in [0.2, 0.25) is 0 Å². The fraction of sp³-hybridized carbons (Fsp3) is 0.312. The molecular weight excluding hydrogens is 282 g/mol. The van der Waals surface area contributed by atoms with E-state index in [4.69, 9.17) is 10.00 Å². The number of ether oxygens (including phenoxy) is 1.